The van der Waals surface area contributed by atoms with Crippen molar-refractivity contribution >= 4 is 11.9 Å². The number of hydrogen-bond donors (Lipinski definition) is 2. The molecule has 2 rings (SSSR count). The van der Waals surface area contributed by atoms with Gasteiger partial charge < -0.3 is 15.4 Å². The highest BCUT2D eigenvalue weighted by atomic mass is 19.4. The average molecular weight is 537 g/mol. The largest absolute Gasteiger partial charge is 0.466 e. The zero-order valence-corrected chi connectivity index (χ0v) is 21.5. The van der Waals surface area contributed by atoms with Crippen molar-refractivity contribution in [1.29, 1.82) is 0 Å². The van der Waals surface area contributed by atoms with Crippen LogP contribution in [0.4, 0.5) is 26.3 Å². The van der Waals surface area contributed by atoms with E-state index in [1.54, 1.807) is 0 Å². The first-order valence-corrected chi connectivity index (χ1v) is 12.2. The lowest BCUT2D eigenvalue weighted by Crippen LogP contribution is -2.46. The summed E-state index contributed by atoms with van der Waals surface area (Å²) in [5.74, 6) is -7.65. The van der Waals surface area contributed by atoms with Crippen molar-refractivity contribution in [3.8, 4) is 0 Å². The highest BCUT2D eigenvalue weighted by Crippen LogP contribution is 2.52. The Kier molecular flexibility index (Phi) is 10.1. The van der Waals surface area contributed by atoms with Crippen LogP contribution in [-0.2, 0) is 20.5 Å². The van der Waals surface area contributed by atoms with Gasteiger partial charge in [0.05, 0.1) is 24.6 Å². The maximum Gasteiger partial charge on any atom is 0.419 e. The number of halogens is 6. The molecular weight excluding hydrogens is 502 g/mol. The third-order valence-electron chi connectivity index (χ3n) is 6.75. The molecular formula is C26H34F6N2O3. The predicted octanol–water partition coefficient (Wildman–Crippen LogP) is 5.95. The van der Waals surface area contributed by atoms with E-state index in [1.165, 1.54) is 27.0 Å². The number of ether oxygens (including phenoxy) is 1. The second-order valence-corrected chi connectivity index (χ2v) is 9.86. The van der Waals surface area contributed by atoms with E-state index in [0.29, 0.717) is 6.07 Å². The van der Waals surface area contributed by atoms with Gasteiger partial charge in [0.15, 0.2) is 0 Å². The number of carbonyl (C=O) groups is 2. The van der Waals surface area contributed by atoms with Crippen LogP contribution in [0.15, 0.2) is 18.8 Å². The van der Waals surface area contributed by atoms with Crippen LogP contribution in [0.5, 0.6) is 0 Å². The fourth-order valence-corrected chi connectivity index (χ4v) is 4.96. The smallest absolute Gasteiger partial charge is 0.419 e. The molecule has 0 bridgehead atoms. The normalized spacial score (nSPS) is 23.1. The summed E-state index contributed by atoms with van der Waals surface area (Å²) in [5.41, 5.74) is -3.38. The van der Waals surface area contributed by atoms with E-state index in [2.05, 4.69) is 17.2 Å². The number of alkyl halides is 4. The topological polar surface area (TPSA) is 67.4 Å². The number of rotatable bonds is 11. The van der Waals surface area contributed by atoms with Crippen molar-refractivity contribution in [2.75, 3.05) is 6.61 Å². The van der Waals surface area contributed by atoms with E-state index in [-0.39, 0.29) is 18.9 Å². The molecule has 3 unspecified atom stereocenters. The van der Waals surface area contributed by atoms with Crippen molar-refractivity contribution in [1.82, 2.24) is 10.6 Å². The second kappa shape index (κ2) is 12.2. The first-order valence-electron chi connectivity index (χ1n) is 12.2. The van der Waals surface area contributed by atoms with E-state index in [9.17, 15) is 27.2 Å². The van der Waals surface area contributed by atoms with Gasteiger partial charge in [-0.2, -0.15) is 13.2 Å². The van der Waals surface area contributed by atoms with E-state index in [0.717, 1.165) is 0 Å². The van der Waals surface area contributed by atoms with Crippen LogP contribution in [0.2, 0.25) is 0 Å². The number of nitrogens with one attached hydrogen (secondary N) is 2. The molecule has 11 heteroatoms. The molecule has 4 atom stereocenters. The first kappa shape index (κ1) is 30.5. The summed E-state index contributed by atoms with van der Waals surface area (Å²) in [4.78, 5) is 25.3. The molecule has 1 aromatic rings. The van der Waals surface area contributed by atoms with Crippen molar-refractivity contribution in [3.05, 3.63) is 47.2 Å². The summed E-state index contributed by atoms with van der Waals surface area (Å²) in [7, 11) is 0. The van der Waals surface area contributed by atoms with Gasteiger partial charge in [0, 0.05) is 5.56 Å². The lowest BCUT2D eigenvalue weighted by molar-refractivity contribution is -0.144. The Labute approximate surface area is 213 Å². The van der Waals surface area contributed by atoms with Crippen molar-refractivity contribution in [2.24, 2.45) is 17.8 Å². The van der Waals surface area contributed by atoms with Crippen molar-refractivity contribution in [3.63, 3.8) is 0 Å². The molecule has 2 N–H and O–H groups in total. The minimum atomic E-state index is -5.21. The predicted molar refractivity (Wildman–Crippen MR) is 126 cm³/mol. The van der Waals surface area contributed by atoms with E-state index < -0.39 is 88.8 Å². The van der Waals surface area contributed by atoms with Gasteiger partial charge in [-0.15, -0.1) is 0 Å². The monoisotopic (exact) mass is 536 g/mol. The Hall–Kier alpha value is -2.72. The van der Waals surface area contributed by atoms with Gasteiger partial charge in [0.1, 0.15) is 23.8 Å². The van der Waals surface area contributed by atoms with Crippen LogP contribution in [0, 0.1) is 29.4 Å². The molecule has 5 nitrogen and oxygen atoms in total. The number of amides is 1. The van der Waals surface area contributed by atoms with Gasteiger partial charge in [0.25, 0.3) is 0 Å². The zero-order valence-electron chi connectivity index (χ0n) is 21.5. The van der Waals surface area contributed by atoms with Crippen molar-refractivity contribution < 1.29 is 40.7 Å². The Balaban J connectivity index is 2.69. The number of carbonyl (C=O) groups excluding carboxylic acids is 2. The quantitative estimate of drug-likeness (QED) is 0.271. The highest BCUT2D eigenvalue weighted by molar-refractivity contribution is 5.83. The highest BCUT2D eigenvalue weighted by Gasteiger charge is 2.49. The summed E-state index contributed by atoms with van der Waals surface area (Å²) in [6, 6.07) is -2.39. The molecule has 37 heavy (non-hydrogen) atoms. The van der Waals surface area contributed by atoms with E-state index in [4.69, 9.17) is 4.74 Å². The summed E-state index contributed by atoms with van der Waals surface area (Å²) in [6.45, 7) is 11.4. The Morgan fingerprint density at radius 1 is 1.16 bits per heavy atom. The molecule has 1 aliphatic rings. The number of benzene rings is 1. The molecule has 0 aliphatic heterocycles. The third kappa shape index (κ3) is 6.78. The molecule has 1 aromatic carbocycles. The molecule has 1 fully saturated rings. The van der Waals surface area contributed by atoms with Gasteiger partial charge >= 0.3 is 12.1 Å². The van der Waals surface area contributed by atoms with Crippen molar-refractivity contribution in [2.45, 2.75) is 77.8 Å². The fourth-order valence-electron chi connectivity index (χ4n) is 4.96. The first-order chi connectivity index (χ1) is 17.1. The van der Waals surface area contributed by atoms with Crippen LogP contribution in [0.1, 0.15) is 76.1 Å². The summed E-state index contributed by atoms with van der Waals surface area (Å²) >= 11 is 0. The average Bonchev–Trinajstić information content (AvgIpc) is 2.79. The summed E-state index contributed by atoms with van der Waals surface area (Å²) < 4.78 is 91.8. The summed E-state index contributed by atoms with van der Waals surface area (Å²) in [6.07, 6.45) is -5.90. The number of esters is 1. The zero-order chi connectivity index (χ0) is 28.2. The molecule has 1 saturated carbocycles. The van der Waals surface area contributed by atoms with Gasteiger partial charge in [-0.25, -0.2) is 13.2 Å². The molecule has 0 saturated heterocycles. The van der Waals surface area contributed by atoms with Gasteiger partial charge in [-0.3, -0.25) is 9.59 Å². The van der Waals surface area contributed by atoms with Gasteiger partial charge in [0.2, 0.25) is 5.91 Å². The lowest BCUT2D eigenvalue weighted by atomic mass is 9.61. The minimum Gasteiger partial charge on any atom is -0.466 e. The summed E-state index contributed by atoms with van der Waals surface area (Å²) in [5, 5.41) is 5.04. The number of hydrogen-bond acceptors (Lipinski definition) is 4. The second-order valence-electron chi connectivity index (χ2n) is 9.86. The Bertz CT molecular complexity index is 988. The van der Waals surface area contributed by atoms with E-state index >= 15 is 8.78 Å². The molecule has 0 heterocycles. The van der Waals surface area contributed by atoms with Crippen LogP contribution >= 0.6 is 0 Å². The van der Waals surface area contributed by atoms with Crippen LogP contribution < -0.4 is 10.6 Å². The third-order valence-corrected chi connectivity index (χ3v) is 6.75. The Morgan fingerprint density at radius 2 is 1.76 bits per heavy atom. The standard InChI is InChI=1S/C26H34F6N2O3/c1-7-33-18(9-12(3)4)25(36)34-17(11-19(35)37-8-2)21-23(28)15(20-13(5)22(27)14(20)6)10-16(24(21)29)26(30,31)32/h7,10,12-14,17-18,20,22,33H,1,8-9,11H2,2-6H3,(H,34,36)/t13?,14?,17-,18?,20?,22?/m0/s1. The van der Waals surface area contributed by atoms with Crippen LogP contribution in [-0.4, -0.2) is 30.7 Å². The maximum absolute atomic E-state index is 15.9. The maximum atomic E-state index is 15.9. The molecule has 1 aliphatic carbocycles. The molecule has 0 spiro atoms. The minimum absolute atomic E-state index is 0.00410. The molecule has 1 amide bonds. The SMILES string of the molecule is C=CNC(CC(C)C)C(=O)N[C@@H](CC(=O)OCC)c1c(F)c(C2C(C)C(F)C2C)cc(C(F)(F)F)c1F. The molecule has 0 radical (unpaired) electrons. The van der Waals surface area contributed by atoms with Gasteiger partial charge in [-0.1, -0.05) is 34.3 Å². The molecule has 208 valence electrons. The molecule has 0 aromatic heterocycles. The van der Waals surface area contributed by atoms with Crippen LogP contribution in [0.25, 0.3) is 0 Å². The van der Waals surface area contributed by atoms with Crippen LogP contribution in [0.3, 0.4) is 0 Å². The lowest BCUT2D eigenvalue weighted by Gasteiger charge is -2.45. The van der Waals surface area contributed by atoms with E-state index in [1.807, 2.05) is 13.8 Å². The Morgan fingerprint density at radius 3 is 2.24 bits per heavy atom. The fraction of sp³-hybridized carbons (Fsp3) is 0.615. The van der Waals surface area contributed by atoms with Gasteiger partial charge in [-0.05, 0) is 54.8 Å².